The number of nitrogens with two attached hydrogens (primary N) is 4. The quantitative estimate of drug-likeness (QED) is 0.629. The molecule has 2 aliphatic rings. The first-order chi connectivity index (χ1) is 12.3. The maximum atomic E-state index is 5.99. The van der Waals surface area contributed by atoms with Crippen LogP contribution in [0.25, 0.3) is 21.9 Å². The first-order valence-corrected chi connectivity index (χ1v) is 8.82. The topological polar surface area (TPSA) is 104 Å². The molecule has 0 unspecified atom stereocenters. The van der Waals surface area contributed by atoms with Crippen molar-refractivity contribution in [3.63, 3.8) is 0 Å². The minimum absolute atomic E-state index is 0.623. The van der Waals surface area contributed by atoms with Gasteiger partial charge >= 0.3 is 0 Å². The molecule has 2 aliphatic carbocycles. The molecule has 26 heavy (non-hydrogen) atoms. The highest BCUT2D eigenvalue weighted by atomic mass is 14.9. The average molecular weight is 344 g/mol. The van der Waals surface area contributed by atoms with Gasteiger partial charge in [-0.1, -0.05) is 60.7 Å². The van der Waals surface area contributed by atoms with Gasteiger partial charge in [0.15, 0.2) is 0 Å². The molecule has 0 amide bonds. The minimum atomic E-state index is -0.756. The molecule has 2 aromatic rings. The molecule has 0 heterocycles. The van der Waals surface area contributed by atoms with E-state index in [4.69, 9.17) is 22.9 Å². The van der Waals surface area contributed by atoms with E-state index in [0.29, 0.717) is 12.8 Å². The fourth-order valence-electron chi connectivity index (χ4n) is 3.54. The lowest BCUT2D eigenvalue weighted by Gasteiger charge is -2.24. The van der Waals surface area contributed by atoms with Crippen LogP contribution in [0.3, 0.4) is 0 Å². The largest absolute Gasteiger partial charge is 0.310 e. The molecule has 0 aliphatic heterocycles. The first-order valence-electron chi connectivity index (χ1n) is 8.82. The Morgan fingerprint density at radius 2 is 1.04 bits per heavy atom. The van der Waals surface area contributed by atoms with E-state index >= 15 is 0 Å². The van der Waals surface area contributed by atoms with Crippen molar-refractivity contribution in [3.8, 4) is 0 Å². The van der Waals surface area contributed by atoms with E-state index in [9.17, 15) is 0 Å². The van der Waals surface area contributed by atoms with Crippen LogP contribution in [0, 0.1) is 0 Å². The van der Waals surface area contributed by atoms with Crippen LogP contribution in [-0.4, -0.2) is 11.3 Å². The number of allylic oxidation sites excluding steroid dienone is 4. The average Bonchev–Trinajstić information content (AvgIpc) is 2.61. The Balaban J connectivity index is 1.81. The van der Waals surface area contributed by atoms with Crippen LogP contribution in [0.4, 0.5) is 0 Å². The standard InChI is InChI=1S/C22H24N4/c23-21(24)11-7-15(8-12-21)17-5-6-18(20-4-2-1-3-19(17)20)16-9-13-22(25,26)14-10-16/h1-11,13H,12,14,23-26H2. The number of hydrogen-bond donors (Lipinski definition) is 4. The Morgan fingerprint density at radius 3 is 1.38 bits per heavy atom. The third-order valence-electron chi connectivity index (χ3n) is 5.04. The van der Waals surface area contributed by atoms with Gasteiger partial charge in [-0.05, 0) is 45.2 Å². The van der Waals surface area contributed by atoms with Crippen LogP contribution in [0.2, 0.25) is 0 Å². The zero-order chi connectivity index (χ0) is 18.4. The van der Waals surface area contributed by atoms with Crippen molar-refractivity contribution in [1.29, 1.82) is 0 Å². The van der Waals surface area contributed by atoms with Gasteiger partial charge in [0.05, 0.1) is 11.3 Å². The summed E-state index contributed by atoms with van der Waals surface area (Å²) >= 11 is 0. The van der Waals surface area contributed by atoms with Gasteiger partial charge in [0.2, 0.25) is 0 Å². The van der Waals surface area contributed by atoms with E-state index in [0.717, 1.165) is 11.1 Å². The van der Waals surface area contributed by atoms with Crippen molar-refractivity contribution in [2.75, 3.05) is 0 Å². The Labute approximate surface area is 153 Å². The summed E-state index contributed by atoms with van der Waals surface area (Å²) in [4.78, 5) is 0. The fourth-order valence-corrected chi connectivity index (χ4v) is 3.54. The van der Waals surface area contributed by atoms with Gasteiger partial charge in [-0.25, -0.2) is 0 Å². The Morgan fingerprint density at radius 1 is 0.615 bits per heavy atom. The van der Waals surface area contributed by atoms with E-state index < -0.39 is 11.3 Å². The van der Waals surface area contributed by atoms with E-state index in [1.165, 1.54) is 21.9 Å². The maximum Gasteiger partial charge on any atom is 0.0867 e. The Bertz CT molecular complexity index is 910. The highest BCUT2D eigenvalue weighted by Crippen LogP contribution is 2.35. The third-order valence-corrected chi connectivity index (χ3v) is 5.04. The van der Waals surface area contributed by atoms with Gasteiger partial charge < -0.3 is 22.9 Å². The third kappa shape index (κ3) is 3.16. The number of benzene rings is 2. The molecule has 0 aromatic heterocycles. The number of fused-ring (bicyclic) bond motifs is 1. The monoisotopic (exact) mass is 344 g/mol. The molecule has 4 heteroatoms. The lowest BCUT2D eigenvalue weighted by atomic mass is 9.87. The molecule has 0 atom stereocenters. The predicted molar refractivity (Wildman–Crippen MR) is 110 cm³/mol. The fraction of sp³-hybridized carbons (Fsp3) is 0.182. The number of rotatable bonds is 2. The van der Waals surface area contributed by atoms with Gasteiger partial charge in [0.25, 0.3) is 0 Å². The Kier molecular flexibility index (Phi) is 3.93. The van der Waals surface area contributed by atoms with Crippen LogP contribution in [0.5, 0.6) is 0 Å². The second-order valence-electron chi connectivity index (χ2n) is 7.32. The molecule has 4 rings (SSSR count). The van der Waals surface area contributed by atoms with Gasteiger partial charge in [-0.15, -0.1) is 0 Å². The van der Waals surface area contributed by atoms with Gasteiger partial charge in [-0.2, -0.15) is 0 Å². The second-order valence-corrected chi connectivity index (χ2v) is 7.32. The van der Waals surface area contributed by atoms with Gasteiger partial charge in [-0.3, -0.25) is 0 Å². The van der Waals surface area contributed by atoms with Crippen LogP contribution in [0.15, 0.2) is 72.9 Å². The van der Waals surface area contributed by atoms with Crippen molar-refractivity contribution < 1.29 is 0 Å². The lowest BCUT2D eigenvalue weighted by Crippen LogP contribution is -2.47. The van der Waals surface area contributed by atoms with Crippen molar-refractivity contribution in [2.24, 2.45) is 22.9 Å². The van der Waals surface area contributed by atoms with E-state index in [1.54, 1.807) is 0 Å². The van der Waals surface area contributed by atoms with Crippen LogP contribution in [-0.2, 0) is 0 Å². The van der Waals surface area contributed by atoms with Gasteiger partial charge in [0, 0.05) is 12.8 Å². The van der Waals surface area contributed by atoms with E-state index in [1.807, 2.05) is 24.3 Å². The summed E-state index contributed by atoms with van der Waals surface area (Å²) in [5.41, 5.74) is 27.1. The molecule has 0 bridgehead atoms. The smallest absolute Gasteiger partial charge is 0.0867 e. The molecule has 0 radical (unpaired) electrons. The normalized spacial score (nSPS) is 20.8. The molecule has 0 spiro atoms. The predicted octanol–water partition coefficient (Wildman–Crippen LogP) is 2.75. The SMILES string of the molecule is NC1(N)C=CC(c2ccc(C3=CCC(N)(N)C=C3)c3ccccc23)=CC1. The molecular weight excluding hydrogens is 320 g/mol. The molecule has 0 fully saturated rings. The Hall–Kier alpha value is -2.50. The molecule has 132 valence electrons. The van der Waals surface area contributed by atoms with Gasteiger partial charge in [0.1, 0.15) is 0 Å². The van der Waals surface area contributed by atoms with Crippen molar-refractivity contribution in [2.45, 2.75) is 24.2 Å². The van der Waals surface area contributed by atoms with E-state index in [-0.39, 0.29) is 0 Å². The van der Waals surface area contributed by atoms with Crippen molar-refractivity contribution in [1.82, 2.24) is 0 Å². The number of hydrogen-bond acceptors (Lipinski definition) is 4. The van der Waals surface area contributed by atoms with Crippen LogP contribution < -0.4 is 22.9 Å². The van der Waals surface area contributed by atoms with Crippen LogP contribution >= 0.6 is 0 Å². The summed E-state index contributed by atoms with van der Waals surface area (Å²) in [7, 11) is 0. The summed E-state index contributed by atoms with van der Waals surface area (Å²) in [6.07, 6.45) is 13.2. The summed E-state index contributed by atoms with van der Waals surface area (Å²) in [6, 6.07) is 12.8. The summed E-state index contributed by atoms with van der Waals surface area (Å²) in [5, 5.41) is 2.41. The summed E-state index contributed by atoms with van der Waals surface area (Å²) in [6.45, 7) is 0. The maximum absolute atomic E-state index is 5.99. The molecule has 0 saturated heterocycles. The summed E-state index contributed by atoms with van der Waals surface area (Å²) < 4.78 is 0. The minimum Gasteiger partial charge on any atom is -0.310 e. The zero-order valence-electron chi connectivity index (χ0n) is 14.7. The molecule has 4 nitrogen and oxygen atoms in total. The molecule has 0 saturated carbocycles. The molecular formula is C22H24N4. The van der Waals surface area contributed by atoms with Crippen LogP contribution in [0.1, 0.15) is 24.0 Å². The molecule has 2 aromatic carbocycles. The summed E-state index contributed by atoms with van der Waals surface area (Å²) in [5.74, 6) is 0. The molecule has 8 N–H and O–H groups in total. The first kappa shape index (κ1) is 16.9. The second kappa shape index (κ2) is 6.04. The van der Waals surface area contributed by atoms with Crippen molar-refractivity contribution >= 4 is 21.9 Å². The van der Waals surface area contributed by atoms with Crippen molar-refractivity contribution in [3.05, 3.63) is 84.0 Å². The highest BCUT2D eigenvalue weighted by molar-refractivity contribution is 6.03. The highest BCUT2D eigenvalue weighted by Gasteiger charge is 2.21. The lowest BCUT2D eigenvalue weighted by molar-refractivity contribution is 0.558. The van der Waals surface area contributed by atoms with E-state index in [2.05, 4.69) is 48.6 Å². The zero-order valence-corrected chi connectivity index (χ0v) is 14.7.